The van der Waals surface area contributed by atoms with E-state index in [1.54, 1.807) is 0 Å². The van der Waals surface area contributed by atoms with Gasteiger partial charge in [-0.2, -0.15) is 4.98 Å². The molecule has 4 rings (SSSR count). The van der Waals surface area contributed by atoms with Crippen molar-refractivity contribution >= 4 is 11.8 Å². The van der Waals surface area contributed by atoms with Crippen molar-refractivity contribution in [1.82, 2.24) is 25.3 Å². The van der Waals surface area contributed by atoms with Gasteiger partial charge in [0.05, 0.1) is 0 Å². The lowest BCUT2D eigenvalue weighted by Gasteiger charge is -2.37. The Hall–Kier alpha value is -3.42. The summed E-state index contributed by atoms with van der Waals surface area (Å²) in [6, 6.07) is 14.4. The zero-order valence-corrected chi connectivity index (χ0v) is 18.9. The number of piperazine rings is 1. The minimum absolute atomic E-state index is 0.575. The van der Waals surface area contributed by atoms with E-state index in [9.17, 15) is 0 Å². The van der Waals surface area contributed by atoms with E-state index in [1.807, 2.05) is 37.4 Å². The van der Waals surface area contributed by atoms with Crippen LogP contribution in [0, 0.1) is 0 Å². The summed E-state index contributed by atoms with van der Waals surface area (Å²) in [6.45, 7) is 9.47. The molecule has 0 radical (unpaired) electrons. The van der Waals surface area contributed by atoms with Gasteiger partial charge in [-0.25, -0.2) is 4.98 Å². The number of rotatable bonds is 7. The SMILES string of the molecule is CCNC(=NCCc1ccc(-c2nc(CC)no2)cc1)N1CCN(c2ccccn2)CC1. The summed E-state index contributed by atoms with van der Waals surface area (Å²) in [5.41, 5.74) is 2.19. The first-order chi connectivity index (χ1) is 15.8. The van der Waals surface area contributed by atoms with Crippen LogP contribution >= 0.6 is 0 Å². The Morgan fingerprint density at radius 1 is 1.06 bits per heavy atom. The highest BCUT2D eigenvalue weighted by molar-refractivity contribution is 5.80. The molecule has 0 amide bonds. The number of aryl methyl sites for hydroxylation is 1. The van der Waals surface area contributed by atoms with E-state index in [0.29, 0.717) is 5.89 Å². The van der Waals surface area contributed by atoms with E-state index < -0.39 is 0 Å². The lowest BCUT2D eigenvalue weighted by Crippen LogP contribution is -2.52. The number of benzene rings is 1. The smallest absolute Gasteiger partial charge is 0.257 e. The molecule has 0 bridgehead atoms. The molecule has 0 saturated carbocycles. The highest BCUT2D eigenvalue weighted by atomic mass is 16.5. The van der Waals surface area contributed by atoms with Crippen LogP contribution in [0.5, 0.6) is 0 Å². The molecule has 0 atom stereocenters. The Bertz CT molecular complexity index is 993. The lowest BCUT2D eigenvalue weighted by atomic mass is 10.1. The van der Waals surface area contributed by atoms with Gasteiger partial charge in [-0.15, -0.1) is 0 Å². The Labute approximate surface area is 189 Å². The van der Waals surface area contributed by atoms with Crippen LogP contribution < -0.4 is 10.2 Å². The van der Waals surface area contributed by atoms with Gasteiger partial charge < -0.3 is 19.6 Å². The predicted molar refractivity (Wildman–Crippen MR) is 127 cm³/mol. The fraction of sp³-hybridized carbons (Fsp3) is 0.417. The summed E-state index contributed by atoms with van der Waals surface area (Å²) in [4.78, 5) is 18.4. The fourth-order valence-electron chi connectivity index (χ4n) is 3.73. The third-order valence-electron chi connectivity index (χ3n) is 5.53. The maximum atomic E-state index is 5.32. The van der Waals surface area contributed by atoms with E-state index >= 15 is 0 Å². The summed E-state index contributed by atoms with van der Waals surface area (Å²) >= 11 is 0. The topological polar surface area (TPSA) is 82.7 Å². The average Bonchev–Trinajstić information content (AvgIpc) is 3.34. The molecule has 1 aromatic carbocycles. The van der Waals surface area contributed by atoms with E-state index in [-0.39, 0.29) is 0 Å². The van der Waals surface area contributed by atoms with Crippen LogP contribution in [0.25, 0.3) is 11.5 Å². The normalized spacial score (nSPS) is 14.6. The zero-order valence-electron chi connectivity index (χ0n) is 18.9. The van der Waals surface area contributed by atoms with Crippen molar-refractivity contribution in [3.05, 3.63) is 60.0 Å². The number of anilines is 1. The number of aliphatic imine (C=N–C) groups is 1. The van der Waals surface area contributed by atoms with Crippen molar-refractivity contribution in [3.63, 3.8) is 0 Å². The Kier molecular flexibility index (Phi) is 7.32. The number of guanidine groups is 1. The van der Waals surface area contributed by atoms with Crippen LogP contribution in [-0.4, -0.2) is 65.3 Å². The molecule has 8 nitrogen and oxygen atoms in total. The van der Waals surface area contributed by atoms with Crippen LogP contribution in [0.15, 0.2) is 58.2 Å². The largest absolute Gasteiger partial charge is 0.357 e. The highest BCUT2D eigenvalue weighted by Crippen LogP contribution is 2.18. The molecule has 1 aliphatic heterocycles. The van der Waals surface area contributed by atoms with Crippen LogP contribution in [0.1, 0.15) is 25.2 Å². The number of nitrogens with one attached hydrogen (secondary N) is 1. The molecule has 1 saturated heterocycles. The average molecular weight is 434 g/mol. The number of hydrogen-bond donors (Lipinski definition) is 1. The maximum absolute atomic E-state index is 5.32. The summed E-state index contributed by atoms with van der Waals surface area (Å²) < 4.78 is 5.32. The van der Waals surface area contributed by atoms with Crippen molar-refractivity contribution in [2.75, 3.05) is 44.2 Å². The van der Waals surface area contributed by atoms with E-state index in [0.717, 1.165) is 75.3 Å². The van der Waals surface area contributed by atoms with E-state index in [2.05, 4.69) is 55.4 Å². The first kappa shape index (κ1) is 21.8. The molecule has 0 spiro atoms. The molecule has 8 heteroatoms. The molecule has 1 N–H and O–H groups in total. The Morgan fingerprint density at radius 3 is 2.53 bits per heavy atom. The van der Waals surface area contributed by atoms with Crippen LogP contribution in [0.4, 0.5) is 5.82 Å². The third-order valence-corrected chi connectivity index (χ3v) is 5.53. The summed E-state index contributed by atoms with van der Waals surface area (Å²) in [6.07, 6.45) is 3.50. The number of nitrogens with zero attached hydrogens (tertiary/aromatic N) is 6. The van der Waals surface area contributed by atoms with Crippen LogP contribution in [-0.2, 0) is 12.8 Å². The fourth-order valence-corrected chi connectivity index (χ4v) is 3.73. The molecular weight excluding hydrogens is 402 g/mol. The zero-order chi connectivity index (χ0) is 22.2. The van der Waals surface area contributed by atoms with Gasteiger partial charge in [0.15, 0.2) is 11.8 Å². The number of aromatic nitrogens is 3. The summed E-state index contributed by atoms with van der Waals surface area (Å²) in [7, 11) is 0. The standard InChI is InChI=1S/C24H31N7O/c1-3-21-28-23(32-29-21)20-10-8-19(9-11-20)12-14-27-24(25-4-2)31-17-15-30(16-18-31)22-7-5-6-13-26-22/h5-11,13H,3-4,12,14-18H2,1-2H3,(H,25,27). The number of pyridine rings is 1. The molecule has 2 aromatic heterocycles. The molecule has 1 fully saturated rings. The van der Waals surface area contributed by atoms with Gasteiger partial charge >= 0.3 is 0 Å². The molecule has 32 heavy (non-hydrogen) atoms. The Balaban J connectivity index is 1.31. The van der Waals surface area contributed by atoms with E-state index in [4.69, 9.17) is 9.52 Å². The van der Waals surface area contributed by atoms with Gasteiger partial charge in [0, 0.05) is 57.4 Å². The van der Waals surface area contributed by atoms with Gasteiger partial charge in [0.25, 0.3) is 5.89 Å². The van der Waals surface area contributed by atoms with Crippen molar-refractivity contribution in [3.8, 4) is 11.5 Å². The summed E-state index contributed by atoms with van der Waals surface area (Å²) in [5, 5.41) is 7.41. The molecule has 1 aliphatic rings. The predicted octanol–water partition coefficient (Wildman–Crippen LogP) is 3.02. The van der Waals surface area contributed by atoms with Gasteiger partial charge in [0.1, 0.15) is 5.82 Å². The Morgan fingerprint density at radius 2 is 1.88 bits per heavy atom. The molecule has 3 heterocycles. The second-order valence-corrected chi connectivity index (χ2v) is 7.71. The van der Waals surface area contributed by atoms with Gasteiger partial charge in [0.2, 0.25) is 0 Å². The quantitative estimate of drug-likeness (QED) is 0.453. The van der Waals surface area contributed by atoms with E-state index in [1.165, 1.54) is 5.56 Å². The van der Waals surface area contributed by atoms with Gasteiger partial charge in [-0.3, -0.25) is 4.99 Å². The first-order valence-electron chi connectivity index (χ1n) is 11.4. The third kappa shape index (κ3) is 5.43. The van der Waals surface area contributed by atoms with Crippen molar-refractivity contribution in [2.45, 2.75) is 26.7 Å². The molecule has 3 aromatic rings. The van der Waals surface area contributed by atoms with Gasteiger partial charge in [-0.1, -0.05) is 30.3 Å². The van der Waals surface area contributed by atoms with Crippen molar-refractivity contribution < 1.29 is 4.52 Å². The minimum atomic E-state index is 0.575. The lowest BCUT2D eigenvalue weighted by molar-refractivity contribution is 0.371. The van der Waals surface area contributed by atoms with Crippen LogP contribution in [0.2, 0.25) is 0 Å². The maximum Gasteiger partial charge on any atom is 0.257 e. The second kappa shape index (κ2) is 10.7. The molecule has 0 unspecified atom stereocenters. The monoisotopic (exact) mass is 433 g/mol. The van der Waals surface area contributed by atoms with Gasteiger partial charge in [-0.05, 0) is 43.2 Å². The molecular formula is C24H31N7O. The van der Waals surface area contributed by atoms with Crippen molar-refractivity contribution in [1.29, 1.82) is 0 Å². The molecule has 168 valence electrons. The molecule has 0 aliphatic carbocycles. The summed E-state index contributed by atoms with van der Waals surface area (Å²) in [5.74, 6) is 3.34. The van der Waals surface area contributed by atoms with Crippen LogP contribution in [0.3, 0.4) is 0 Å². The minimum Gasteiger partial charge on any atom is -0.357 e. The second-order valence-electron chi connectivity index (χ2n) is 7.71. The van der Waals surface area contributed by atoms with Crippen molar-refractivity contribution in [2.24, 2.45) is 4.99 Å². The first-order valence-corrected chi connectivity index (χ1v) is 11.4. The highest BCUT2D eigenvalue weighted by Gasteiger charge is 2.20. The number of hydrogen-bond acceptors (Lipinski definition) is 6.